The highest BCUT2D eigenvalue weighted by Gasteiger charge is 2.29. The maximum atomic E-state index is 12.7. The van der Waals surface area contributed by atoms with Gasteiger partial charge in [0.2, 0.25) is 0 Å². The van der Waals surface area contributed by atoms with Gasteiger partial charge in [-0.15, -0.1) is 0 Å². The maximum absolute atomic E-state index is 12.7. The SMILES string of the molecule is CCc1cc(-c2cnc(N)c(CCc3c(Cl)cccc3Cl)n2)ccc1CN1CCNC(C(=O)OC2CCCC2)C1. The third-order valence-corrected chi connectivity index (χ3v) is 8.66. The standard InChI is InChI=1S/C31H37Cl2N5O2/c1-2-20-16-21(28-17-36-30(34)27(37-28)13-12-24-25(32)8-5-9-26(24)33)10-11-22(20)18-38-15-14-35-29(19-38)31(39)40-23-6-3-4-7-23/h5,8-11,16-17,23,29,35H,2-4,6-7,12-15,18-19H2,1H3,(H2,34,36). The number of aromatic nitrogens is 2. The summed E-state index contributed by atoms with van der Waals surface area (Å²) in [7, 11) is 0. The van der Waals surface area contributed by atoms with Gasteiger partial charge >= 0.3 is 5.97 Å². The molecule has 1 saturated heterocycles. The Kier molecular flexibility index (Phi) is 9.58. The van der Waals surface area contributed by atoms with Crippen molar-refractivity contribution < 1.29 is 9.53 Å². The van der Waals surface area contributed by atoms with Crippen LogP contribution in [0.3, 0.4) is 0 Å². The molecule has 2 heterocycles. The summed E-state index contributed by atoms with van der Waals surface area (Å²) in [5, 5.41) is 4.63. The molecule has 3 N–H and O–H groups in total. The molecule has 1 saturated carbocycles. The molecule has 1 unspecified atom stereocenters. The smallest absolute Gasteiger partial charge is 0.324 e. The molecule has 3 aromatic rings. The molecular formula is C31H37Cl2N5O2. The summed E-state index contributed by atoms with van der Waals surface area (Å²) in [5.74, 6) is 0.302. The van der Waals surface area contributed by atoms with Crippen LogP contribution in [-0.4, -0.2) is 52.6 Å². The maximum Gasteiger partial charge on any atom is 0.324 e. The topological polar surface area (TPSA) is 93.4 Å². The molecule has 2 aromatic carbocycles. The van der Waals surface area contributed by atoms with E-state index < -0.39 is 0 Å². The first-order chi connectivity index (χ1) is 19.4. The third kappa shape index (κ3) is 6.95. The molecular weight excluding hydrogens is 545 g/mol. The number of nitrogens with one attached hydrogen (secondary N) is 1. The lowest BCUT2D eigenvalue weighted by atomic mass is 9.99. The Labute approximate surface area is 246 Å². The van der Waals surface area contributed by atoms with Gasteiger partial charge in [0, 0.05) is 41.8 Å². The highest BCUT2D eigenvalue weighted by Crippen LogP contribution is 2.28. The lowest BCUT2D eigenvalue weighted by Gasteiger charge is -2.33. The van der Waals surface area contributed by atoms with Crippen LogP contribution < -0.4 is 11.1 Å². The van der Waals surface area contributed by atoms with Gasteiger partial charge < -0.3 is 15.8 Å². The quantitative estimate of drug-likeness (QED) is 0.316. The van der Waals surface area contributed by atoms with Gasteiger partial charge in [0.25, 0.3) is 0 Å². The highest BCUT2D eigenvalue weighted by molar-refractivity contribution is 6.36. The number of nitrogens with zero attached hydrogens (tertiary/aromatic N) is 3. The van der Waals surface area contributed by atoms with Crippen LogP contribution in [0.2, 0.25) is 10.0 Å². The minimum atomic E-state index is -0.275. The predicted octanol–water partition coefficient (Wildman–Crippen LogP) is 5.64. The Bertz CT molecular complexity index is 1330. The number of carbonyl (C=O) groups is 1. The number of nitrogens with two attached hydrogens (primary N) is 1. The summed E-state index contributed by atoms with van der Waals surface area (Å²) in [6.45, 7) is 5.26. The van der Waals surface area contributed by atoms with Crippen molar-refractivity contribution in [1.82, 2.24) is 20.2 Å². The number of benzene rings is 2. The van der Waals surface area contributed by atoms with Crippen LogP contribution in [0.1, 0.15) is 55.0 Å². The Balaban J connectivity index is 1.26. The number of ether oxygens (including phenoxy) is 1. The Morgan fingerprint density at radius 3 is 2.65 bits per heavy atom. The predicted molar refractivity (Wildman–Crippen MR) is 161 cm³/mol. The molecule has 40 heavy (non-hydrogen) atoms. The molecule has 1 atom stereocenters. The van der Waals surface area contributed by atoms with Crippen molar-refractivity contribution in [2.75, 3.05) is 25.4 Å². The van der Waals surface area contributed by atoms with Crippen molar-refractivity contribution in [3.63, 3.8) is 0 Å². The van der Waals surface area contributed by atoms with Crippen molar-refractivity contribution in [1.29, 1.82) is 0 Å². The van der Waals surface area contributed by atoms with Crippen LogP contribution >= 0.6 is 23.2 Å². The average Bonchev–Trinajstić information content (AvgIpc) is 3.47. The van der Waals surface area contributed by atoms with Crippen molar-refractivity contribution in [3.05, 3.63) is 75.0 Å². The van der Waals surface area contributed by atoms with Crippen molar-refractivity contribution in [3.8, 4) is 11.3 Å². The molecule has 5 rings (SSSR count). The molecule has 2 aliphatic rings. The fraction of sp³-hybridized carbons (Fsp3) is 0.452. The van der Waals surface area contributed by atoms with E-state index in [1.807, 2.05) is 18.2 Å². The monoisotopic (exact) mass is 581 g/mol. The van der Waals surface area contributed by atoms with Gasteiger partial charge in [0.05, 0.1) is 17.6 Å². The van der Waals surface area contributed by atoms with Gasteiger partial charge in [-0.05, 0) is 79.8 Å². The fourth-order valence-corrected chi connectivity index (χ4v) is 6.24. The van der Waals surface area contributed by atoms with Crippen LogP contribution in [-0.2, 0) is 35.3 Å². The van der Waals surface area contributed by atoms with E-state index in [1.54, 1.807) is 6.20 Å². The van der Waals surface area contributed by atoms with Crippen LogP contribution in [0.4, 0.5) is 5.82 Å². The first-order valence-electron chi connectivity index (χ1n) is 14.2. The third-order valence-electron chi connectivity index (χ3n) is 7.96. The molecule has 1 aliphatic carbocycles. The van der Waals surface area contributed by atoms with Gasteiger partial charge in [0.1, 0.15) is 18.0 Å². The molecule has 2 fully saturated rings. The molecule has 0 bridgehead atoms. The fourth-order valence-electron chi connectivity index (χ4n) is 5.65. The Hall–Kier alpha value is -2.71. The molecule has 0 radical (unpaired) electrons. The second-order valence-corrected chi connectivity index (χ2v) is 11.5. The van der Waals surface area contributed by atoms with E-state index in [0.717, 1.165) is 74.3 Å². The first-order valence-corrected chi connectivity index (χ1v) is 15.0. The number of esters is 1. The van der Waals surface area contributed by atoms with Crippen LogP contribution in [0, 0.1) is 0 Å². The van der Waals surface area contributed by atoms with Gasteiger partial charge in [-0.25, -0.2) is 9.97 Å². The van der Waals surface area contributed by atoms with E-state index in [4.69, 9.17) is 38.7 Å². The lowest BCUT2D eigenvalue weighted by Crippen LogP contribution is -2.54. The minimum absolute atomic E-state index is 0.0924. The van der Waals surface area contributed by atoms with Crippen molar-refractivity contribution in [2.45, 2.75) is 70.6 Å². The second kappa shape index (κ2) is 13.3. The lowest BCUT2D eigenvalue weighted by molar-refractivity contribution is -0.152. The average molecular weight is 583 g/mol. The zero-order chi connectivity index (χ0) is 28.1. The zero-order valence-corrected chi connectivity index (χ0v) is 24.5. The normalized spacial score (nSPS) is 18.2. The number of piperazine rings is 1. The summed E-state index contributed by atoms with van der Waals surface area (Å²) in [6, 6.07) is 11.7. The Morgan fingerprint density at radius 2 is 1.90 bits per heavy atom. The summed E-state index contributed by atoms with van der Waals surface area (Å²) in [6.07, 6.45) is 8.21. The van der Waals surface area contributed by atoms with Crippen LogP contribution in [0.25, 0.3) is 11.3 Å². The molecule has 7 nitrogen and oxygen atoms in total. The number of nitrogen functional groups attached to an aromatic ring is 1. The zero-order valence-electron chi connectivity index (χ0n) is 23.0. The number of rotatable bonds is 9. The number of hydrogen-bond acceptors (Lipinski definition) is 7. The van der Waals surface area contributed by atoms with Gasteiger partial charge in [-0.2, -0.15) is 0 Å². The van der Waals surface area contributed by atoms with Crippen molar-refractivity contribution in [2.24, 2.45) is 0 Å². The minimum Gasteiger partial charge on any atom is -0.461 e. The summed E-state index contributed by atoms with van der Waals surface area (Å²) >= 11 is 12.7. The summed E-state index contributed by atoms with van der Waals surface area (Å²) in [5.41, 5.74) is 12.1. The number of aryl methyl sites for hydroxylation is 2. The van der Waals surface area contributed by atoms with Crippen LogP contribution in [0.5, 0.6) is 0 Å². The molecule has 0 spiro atoms. The number of hydrogen-bond donors (Lipinski definition) is 2. The van der Waals surface area contributed by atoms with Gasteiger partial charge in [-0.1, -0.05) is 48.3 Å². The van der Waals surface area contributed by atoms with Crippen LogP contribution in [0.15, 0.2) is 42.6 Å². The number of carbonyl (C=O) groups excluding carboxylic acids is 1. The largest absolute Gasteiger partial charge is 0.461 e. The molecule has 9 heteroatoms. The van der Waals surface area contributed by atoms with Gasteiger partial charge in [-0.3, -0.25) is 9.69 Å². The first kappa shape index (κ1) is 28.8. The number of halogens is 2. The molecule has 1 aromatic heterocycles. The van der Waals surface area contributed by atoms with E-state index in [0.29, 0.717) is 35.2 Å². The van der Waals surface area contributed by atoms with Gasteiger partial charge in [0.15, 0.2) is 0 Å². The molecule has 212 valence electrons. The van der Waals surface area contributed by atoms with E-state index >= 15 is 0 Å². The Morgan fingerprint density at radius 1 is 1.12 bits per heavy atom. The second-order valence-electron chi connectivity index (χ2n) is 10.7. The molecule has 0 amide bonds. The van der Waals surface area contributed by atoms with E-state index in [-0.39, 0.29) is 18.1 Å². The highest BCUT2D eigenvalue weighted by atomic mass is 35.5. The number of anilines is 1. The van der Waals surface area contributed by atoms with E-state index in [2.05, 4.69) is 40.3 Å². The summed E-state index contributed by atoms with van der Waals surface area (Å²) < 4.78 is 5.77. The van der Waals surface area contributed by atoms with E-state index in [9.17, 15) is 4.79 Å². The summed E-state index contributed by atoms with van der Waals surface area (Å²) in [4.78, 5) is 24.4. The van der Waals surface area contributed by atoms with Crippen molar-refractivity contribution >= 4 is 35.0 Å². The molecule has 1 aliphatic heterocycles. The van der Waals surface area contributed by atoms with E-state index in [1.165, 1.54) is 11.1 Å².